The molecule has 0 bridgehead atoms. The van der Waals surface area contributed by atoms with E-state index >= 15 is 0 Å². The van der Waals surface area contributed by atoms with E-state index < -0.39 is 5.78 Å². The maximum Gasteiger partial charge on any atom is 0.246 e. The average Bonchev–Trinajstić information content (AvgIpc) is 2.37. The van der Waals surface area contributed by atoms with E-state index in [1.54, 1.807) is 0 Å². The Morgan fingerprint density at radius 1 is 1.78 bits per heavy atom. The summed E-state index contributed by atoms with van der Waals surface area (Å²) < 4.78 is 3.40. The number of Topliss-reactive ketones (excluding diaryl/α,β-unsaturated/α-hetero) is 1. The van der Waals surface area contributed by atoms with Gasteiger partial charge in [0.1, 0.15) is 5.69 Å². The number of rotatable bonds is 2. The molecule has 0 saturated heterocycles. The molecule has 0 N–H and O–H groups in total. The molecule has 46 valence electrons. The zero-order valence-corrected chi connectivity index (χ0v) is 5.09. The van der Waals surface area contributed by atoms with Crippen molar-refractivity contribution in [2.24, 2.45) is 0 Å². The van der Waals surface area contributed by atoms with Crippen LogP contribution in [0.4, 0.5) is 0 Å². The van der Waals surface area contributed by atoms with Crippen molar-refractivity contribution in [3.63, 3.8) is 0 Å². The van der Waals surface area contributed by atoms with Crippen LogP contribution in [-0.2, 0) is 4.79 Å². The summed E-state index contributed by atoms with van der Waals surface area (Å²) in [7, 11) is 0. The van der Waals surface area contributed by atoms with Gasteiger partial charge in [-0.3, -0.25) is 9.59 Å². The van der Waals surface area contributed by atoms with Crippen molar-refractivity contribution >= 4 is 23.6 Å². The predicted octanol–water partition coefficient (Wildman–Crippen LogP) is -0.0803. The zero-order chi connectivity index (χ0) is 6.69. The zero-order valence-electron chi connectivity index (χ0n) is 4.27. The summed E-state index contributed by atoms with van der Waals surface area (Å²) in [4.78, 5) is 20.2. The summed E-state index contributed by atoms with van der Waals surface area (Å²) in [6, 6.07) is 0. The van der Waals surface area contributed by atoms with E-state index in [9.17, 15) is 9.59 Å². The number of hydrogen-bond acceptors (Lipinski definition) is 5. The SMILES string of the molecule is O=CC(=O)c1csnn1. The second-order valence-corrected chi connectivity index (χ2v) is 1.88. The van der Waals surface area contributed by atoms with Crippen LogP contribution in [0.15, 0.2) is 5.38 Å². The summed E-state index contributed by atoms with van der Waals surface area (Å²) in [5.74, 6) is -0.622. The molecule has 0 aromatic carbocycles. The lowest BCUT2D eigenvalue weighted by Crippen LogP contribution is -1.99. The molecule has 0 aliphatic heterocycles. The minimum Gasteiger partial charge on any atom is -0.294 e. The van der Waals surface area contributed by atoms with Crippen LogP contribution in [0.25, 0.3) is 0 Å². The van der Waals surface area contributed by atoms with Crippen molar-refractivity contribution in [3.8, 4) is 0 Å². The van der Waals surface area contributed by atoms with Gasteiger partial charge < -0.3 is 0 Å². The molecule has 0 radical (unpaired) electrons. The Labute approximate surface area is 54.7 Å². The molecule has 0 unspecified atom stereocenters. The lowest BCUT2D eigenvalue weighted by atomic mass is 10.3. The molecule has 5 heteroatoms. The number of carbonyl (C=O) groups excluding carboxylic acids is 2. The van der Waals surface area contributed by atoms with Gasteiger partial charge in [0.15, 0.2) is 6.29 Å². The second-order valence-electron chi connectivity index (χ2n) is 1.27. The molecule has 1 rings (SSSR count). The quantitative estimate of drug-likeness (QED) is 0.329. The van der Waals surface area contributed by atoms with Gasteiger partial charge >= 0.3 is 0 Å². The topological polar surface area (TPSA) is 59.9 Å². The molecular formula is C4H2N2O2S. The summed E-state index contributed by atoms with van der Waals surface area (Å²) in [6.45, 7) is 0. The van der Waals surface area contributed by atoms with Crippen molar-refractivity contribution < 1.29 is 9.59 Å². The normalized spacial score (nSPS) is 8.89. The molecule has 0 spiro atoms. The predicted molar refractivity (Wildman–Crippen MR) is 30.3 cm³/mol. The molecule has 0 aliphatic carbocycles. The van der Waals surface area contributed by atoms with Crippen molar-refractivity contribution in [2.45, 2.75) is 0 Å². The molecule has 1 aromatic rings. The summed E-state index contributed by atoms with van der Waals surface area (Å²) in [5, 5.41) is 4.80. The van der Waals surface area contributed by atoms with E-state index in [0.29, 0.717) is 0 Å². The third kappa shape index (κ3) is 1.17. The molecule has 0 amide bonds. The van der Waals surface area contributed by atoms with Crippen molar-refractivity contribution in [2.75, 3.05) is 0 Å². The van der Waals surface area contributed by atoms with E-state index in [4.69, 9.17) is 0 Å². The molecule has 1 heterocycles. The molecule has 4 nitrogen and oxygen atoms in total. The second kappa shape index (κ2) is 2.45. The lowest BCUT2D eigenvalue weighted by molar-refractivity contribution is -0.104. The van der Waals surface area contributed by atoms with Crippen LogP contribution < -0.4 is 0 Å². The van der Waals surface area contributed by atoms with Gasteiger partial charge in [-0.1, -0.05) is 4.49 Å². The fourth-order valence-corrected chi connectivity index (χ4v) is 0.778. The van der Waals surface area contributed by atoms with E-state index in [1.807, 2.05) is 0 Å². The Bertz CT molecular complexity index is 218. The van der Waals surface area contributed by atoms with Gasteiger partial charge in [-0.05, 0) is 11.5 Å². The van der Waals surface area contributed by atoms with Crippen molar-refractivity contribution in [1.82, 2.24) is 9.59 Å². The number of hydrogen-bond donors (Lipinski definition) is 0. The highest BCUT2D eigenvalue weighted by Gasteiger charge is 2.04. The van der Waals surface area contributed by atoms with Gasteiger partial charge in [-0.2, -0.15) is 0 Å². The molecule has 9 heavy (non-hydrogen) atoms. The van der Waals surface area contributed by atoms with Crippen LogP contribution >= 0.6 is 11.5 Å². The summed E-state index contributed by atoms with van der Waals surface area (Å²) in [6.07, 6.45) is 0.219. The van der Waals surface area contributed by atoms with Crippen LogP contribution in [0, 0.1) is 0 Å². The van der Waals surface area contributed by atoms with Crippen molar-refractivity contribution in [1.29, 1.82) is 0 Å². The number of aromatic nitrogens is 2. The summed E-state index contributed by atoms with van der Waals surface area (Å²) >= 11 is 1.04. The van der Waals surface area contributed by atoms with Gasteiger partial charge in [0, 0.05) is 5.38 Å². The molecule has 0 saturated carbocycles. The van der Waals surface area contributed by atoms with Crippen LogP contribution in [-0.4, -0.2) is 21.7 Å². The highest BCUT2D eigenvalue weighted by atomic mass is 32.1. The van der Waals surface area contributed by atoms with E-state index in [2.05, 4.69) is 9.59 Å². The van der Waals surface area contributed by atoms with E-state index in [-0.39, 0.29) is 12.0 Å². The molecule has 0 atom stereocenters. The first-order valence-corrected chi connectivity index (χ1v) is 2.95. The Balaban J connectivity index is 2.89. The Kier molecular flexibility index (Phi) is 1.64. The van der Waals surface area contributed by atoms with Gasteiger partial charge in [0.05, 0.1) is 0 Å². The largest absolute Gasteiger partial charge is 0.294 e. The number of ketones is 1. The third-order valence-electron chi connectivity index (χ3n) is 0.720. The molecule has 0 aliphatic rings. The van der Waals surface area contributed by atoms with E-state index in [0.717, 1.165) is 11.5 Å². The van der Waals surface area contributed by atoms with Crippen LogP contribution in [0.1, 0.15) is 10.5 Å². The highest BCUT2D eigenvalue weighted by molar-refractivity contribution is 7.03. The van der Waals surface area contributed by atoms with E-state index in [1.165, 1.54) is 5.38 Å². The van der Waals surface area contributed by atoms with Crippen LogP contribution in [0.3, 0.4) is 0 Å². The maximum absolute atomic E-state index is 10.4. The number of aldehydes is 1. The van der Waals surface area contributed by atoms with Crippen LogP contribution in [0.2, 0.25) is 0 Å². The fourth-order valence-electron chi connectivity index (χ4n) is 0.332. The lowest BCUT2D eigenvalue weighted by Gasteiger charge is -1.75. The van der Waals surface area contributed by atoms with Gasteiger partial charge in [-0.15, -0.1) is 5.10 Å². The van der Waals surface area contributed by atoms with Crippen molar-refractivity contribution in [3.05, 3.63) is 11.1 Å². The number of nitrogens with zero attached hydrogens (tertiary/aromatic N) is 2. The minimum absolute atomic E-state index is 0.120. The first-order chi connectivity index (χ1) is 4.34. The van der Waals surface area contributed by atoms with Gasteiger partial charge in [0.2, 0.25) is 5.78 Å². The fraction of sp³-hybridized carbons (Fsp3) is 0. The minimum atomic E-state index is -0.622. The Hall–Kier alpha value is -1.10. The Morgan fingerprint density at radius 3 is 3.00 bits per heavy atom. The first-order valence-electron chi connectivity index (χ1n) is 2.11. The third-order valence-corrected chi connectivity index (χ3v) is 1.22. The smallest absolute Gasteiger partial charge is 0.246 e. The Morgan fingerprint density at radius 2 is 2.56 bits per heavy atom. The number of carbonyl (C=O) groups is 2. The first kappa shape index (κ1) is 6.03. The van der Waals surface area contributed by atoms with Crippen LogP contribution in [0.5, 0.6) is 0 Å². The molecule has 0 fully saturated rings. The highest BCUT2D eigenvalue weighted by Crippen LogP contribution is 1.95. The monoisotopic (exact) mass is 142 g/mol. The molecule has 1 aromatic heterocycles. The standard InChI is InChI=1S/C4H2N2O2S/c7-1-4(8)3-2-9-6-5-3/h1-2H. The van der Waals surface area contributed by atoms with Gasteiger partial charge in [0.25, 0.3) is 0 Å². The average molecular weight is 142 g/mol. The van der Waals surface area contributed by atoms with Gasteiger partial charge in [-0.25, -0.2) is 0 Å². The molecular weight excluding hydrogens is 140 g/mol. The summed E-state index contributed by atoms with van der Waals surface area (Å²) in [5.41, 5.74) is 0.120. The maximum atomic E-state index is 10.4.